The van der Waals surface area contributed by atoms with Gasteiger partial charge in [0.05, 0.1) is 43.6 Å². The van der Waals surface area contributed by atoms with Gasteiger partial charge in [-0.1, -0.05) is 15.9 Å². The minimum absolute atomic E-state index is 0.0891. The third-order valence-electron chi connectivity index (χ3n) is 4.01. The maximum Gasteiger partial charge on any atom is 0.338 e. The van der Waals surface area contributed by atoms with Crippen molar-refractivity contribution in [3.05, 3.63) is 56.6 Å². The summed E-state index contributed by atoms with van der Waals surface area (Å²) in [6.07, 6.45) is 0. The highest BCUT2D eigenvalue weighted by Crippen LogP contribution is 2.40. The molecule has 128 valence electrons. The molecule has 0 bridgehead atoms. The van der Waals surface area contributed by atoms with Gasteiger partial charge >= 0.3 is 5.97 Å². The number of ketones is 2. The first-order valence-corrected chi connectivity index (χ1v) is 8.00. The molecule has 0 fully saturated rings. The van der Waals surface area contributed by atoms with Crippen LogP contribution >= 0.6 is 15.9 Å². The number of fused-ring (bicyclic) bond motifs is 2. The molecule has 1 aliphatic carbocycles. The van der Waals surface area contributed by atoms with Crippen molar-refractivity contribution in [1.29, 1.82) is 0 Å². The third kappa shape index (κ3) is 2.51. The average Bonchev–Trinajstić information content (AvgIpc) is 2.63. The highest BCUT2D eigenvalue weighted by Gasteiger charge is 2.37. The molecule has 1 aliphatic rings. The Morgan fingerprint density at radius 1 is 0.880 bits per heavy atom. The summed E-state index contributed by atoms with van der Waals surface area (Å²) in [6.45, 7) is 0. The van der Waals surface area contributed by atoms with Crippen LogP contribution in [0.2, 0.25) is 0 Å². The number of halogens is 1. The lowest BCUT2D eigenvalue weighted by atomic mass is 9.82. The summed E-state index contributed by atoms with van der Waals surface area (Å²) in [5.74, 6) is -1.02. The third-order valence-corrected chi connectivity index (χ3v) is 4.67. The molecular formula is C18H13BrO6. The van der Waals surface area contributed by atoms with Crippen LogP contribution in [-0.2, 0) is 4.74 Å². The van der Waals surface area contributed by atoms with Crippen molar-refractivity contribution in [3.8, 4) is 11.5 Å². The van der Waals surface area contributed by atoms with Crippen LogP contribution in [0.15, 0.2) is 28.7 Å². The Labute approximate surface area is 151 Å². The van der Waals surface area contributed by atoms with Crippen molar-refractivity contribution < 1.29 is 28.6 Å². The Morgan fingerprint density at radius 2 is 1.56 bits per heavy atom. The van der Waals surface area contributed by atoms with Crippen molar-refractivity contribution in [2.24, 2.45) is 0 Å². The van der Waals surface area contributed by atoms with E-state index in [2.05, 4.69) is 15.9 Å². The molecule has 25 heavy (non-hydrogen) atoms. The van der Waals surface area contributed by atoms with Crippen LogP contribution in [-0.4, -0.2) is 38.9 Å². The molecule has 0 spiro atoms. The molecule has 6 nitrogen and oxygen atoms in total. The van der Waals surface area contributed by atoms with Crippen LogP contribution in [0.1, 0.15) is 42.2 Å². The van der Waals surface area contributed by atoms with Gasteiger partial charge in [0.1, 0.15) is 11.5 Å². The van der Waals surface area contributed by atoms with E-state index in [9.17, 15) is 14.4 Å². The van der Waals surface area contributed by atoms with Gasteiger partial charge in [-0.25, -0.2) is 4.79 Å². The van der Waals surface area contributed by atoms with Gasteiger partial charge in [-0.05, 0) is 24.3 Å². The Morgan fingerprint density at radius 3 is 2.16 bits per heavy atom. The fourth-order valence-electron chi connectivity index (χ4n) is 2.86. The van der Waals surface area contributed by atoms with Crippen LogP contribution in [0.3, 0.4) is 0 Å². The molecule has 0 unspecified atom stereocenters. The number of ether oxygens (including phenoxy) is 3. The predicted octanol–water partition coefficient (Wildman–Crippen LogP) is 3.03. The first-order chi connectivity index (χ1) is 11.9. The van der Waals surface area contributed by atoms with Gasteiger partial charge < -0.3 is 14.2 Å². The van der Waals surface area contributed by atoms with E-state index >= 15 is 0 Å². The summed E-state index contributed by atoms with van der Waals surface area (Å²) < 4.78 is 15.7. The van der Waals surface area contributed by atoms with Crippen molar-refractivity contribution >= 4 is 33.5 Å². The normalized spacial score (nSPS) is 12.3. The second kappa shape index (κ2) is 6.33. The highest BCUT2D eigenvalue weighted by molar-refractivity contribution is 9.10. The zero-order valence-electron chi connectivity index (χ0n) is 13.6. The zero-order valence-corrected chi connectivity index (χ0v) is 15.2. The molecule has 0 radical (unpaired) electrons. The lowest BCUT2D eigenvalue weighted by molar-refractivity contribution is 0.0600. The molecule has 0 saturated carbocycles. The minimum Gasteiger partial charge on any atom is -0.496 e. The fourth-order valence-corrected chi connectivity index (χ4v) is 3.37. The first-order valence-electron chi connectivity index (χ1n) is 7.20. The highest BCUT2D eigenvalue weighted by atomic mass is 79.9. The smallest absolute Gasteiger partial charge is 0.338 e. The lowest BCUT2D eigenvalue weighted by Crippen LogP contribution is -2.24. The van der Waals surface area contributed by atoms with Gasteiger partial charge in [0.2, 0.25) is 5.78 Å². The van der Waals surface area contributed by atoms with Crippen LogP contribution in [0.25, 0.3) is 0 Å². The Balaban J connectivity index is 2.35. The molecule has 0 aliphatic heterocycles. The van der Waals surface area contributed by atoms with E-state index in [0.717, 1.165) is 0 Å². The van der Waals surface area contributed by atoms with E-state index in [4.69, 9.17) is 14.2 Å². The molecule has 0 amide bonds. The van der Waals surface area contributed by atoms with Crippen LogP contribution < -0.4 is 9.47 Å². The molecule has 2 aromatic carbocycles. The molecule has 7 heteroatoms. The summed E-state index contributed by atoms with van der Waals surface area (Å²) in [4.78, 5) is 38.0. The molecule has 3 rings (SSSR count). The SMILES string of the molecule is COC(=O)c1cc(OC)c2c(c1)C(=O)c1c(Br)ccc(OC)c1C2=O. The van der Waals surface area contributed by atoms with Crippen LogP contribution in [0.5, 0.6) is 11.5 Å². The number of carbonyl (C=O) groups excluding carboxylic acids is 3. The number of esters is 1. The Kier molecular flexibility index (Phi) is 4.34. The minimum atomic E-state index is -0.628. The van der Waals surface area contributed by atoms with Gasteiger partial charge in [0.15, 0.2) is 5.78 Å². The maximum absolute atomic E-state index is 13.1. The summed E-state index contributed by atoms with van der Waals surface area (Å²) in [5.41, 5.74) is 0.677. The number of hydrogen-bond acceptors (Lipinski definition) is 6. The van der Waals surface area contributed by atoms with E-state index in [1.54, 1.807) is 12.1 Å². The van der Waals surface area contributed by atoms with E-state index < -0.39 is 17.5 Å². The maximum atomic E-state index is 13.1. The van der Waals surface area contributed by atoms with E-state index in [1.807, 2.05) is 0 Å². The Hall–Kier alpha value is -2.67. The number of hydrogen-bond donors (Lipinski definition) is 0. The zero-order chi connectivity index (χ0) is 18.3. The molecule has 0 N–H and O–H groups in total. The van der Waals surface area contributed by atoms with E-state index in [1.165, 1.54) is 33.5 Å². The molecule has 0 atom stereocenters. The summed E-state index contributed by atoms with van der Waals surface area (Å²) >= 11 is 3.31. The van der Waals surface area contributed by atoms with Crippen molar-refractivity contribution in [3.63, 3.8) is 0 Å². The van der Waals surface area contributed by atoms with E-state index in [0.29, 0.717) is 10.2 Å². The monoisotopic (exact) mass is 404 g/mol. The summed E-state index contributed by atoms with van der Waals surface area (Å²) in [6, 6.07) is 5.97. The summed E-state index contributed by atoms with van der Waals surface area (Å²) in [5, 5.41) is 0. The van der Waals surface area contributed by atoms with Crippen LogP contribution in [0.4, 0.5) is 0 Å². The number of carbonyl (C=O) groups is 3. The fraction of sp³-hybridized carbons (Fsp3) is 0.167. The largest absolute Gasteiger partial charge is 0.496 e. The lowest BCUT2D eigenvalue weighted by Gasteiger charge is -2.22. The van der Waals surface area contributed by atoms with Gasteiger partial charge in [0.25, 0.3) is 0 Å². The number of methoxy groups -OCH3 is 3. The van der Waals surface area contributed by atoms with Crippen molar-refractivity contribution in [2.75, 3.05) is 21.3 Å². The molecule has 0 aromatic heterocycles. The molecule has 0 heterocycles. The quantitative estimate of drug-likeness (QED) is 0.624. The number of benzene rings is 2. The average molecular weight is 405 g/mol. The molecule has 2 aromatic rings. The van der Waals surface area contributed by atoms with Gasteiger partial charge in [-0.15, -0.1) is 0 Å². The molecule has 0 saturated heterocycles. The van der Waals surface area contributed by atoms with Gasteiger partial charge in [0, 0.05) is 10.0 Å². The van der Waals surface area contributed by atoms with Crippen LogP contribution in [0, 0.1) is 0 Å². The summed E-state index contributed by atoms with van der Waals surface area (Å²) in [7, 11) is 4.02. The standard InChI is InChI=1S/C18H13BrO6/c1-23-11-5-4-10(19)14-15(11)17(21)13-9(16(14)20)6-8(18(22)25-3)7-12(13)24-2/h4-7H,1-3H3. The number of rotatable bonds is 3. The first kappa shape index (κ1) is 17.2. The van der Waals surface area contributed by atoms with E-state index in [-0.39, 0.29) is 33.6 Å². The second-order valence-electron chi connectivity index (χ2n) is 5.25. The van der Waals surface area contributed by atoms with Crippen molar-refractivity contribution in [1.82, 2.24) is 0 Å². The van der Waals surface area contributed by atoms with Gasteiger partial charge in [-0.2, -0.15) is 0 Å². The van der Waals surface area contributed by atoms with Gasteiger partial charge in [-0.3, -0.25) is 9.59 Å². The predicted molar refractivity (Wildman–Crippen MR) is 91.9 cm³/mol. The molecular weight excluding hydrogens is 392 g/mol. The van der Waals surface area contributed by atoms with Crippen molar-refractivity contribution in [2.45, 2.75) is 0 Å². The second-order valence-corrected chi connectivity index (χ2v) is 6.10. The topological polar surface area (TPSA) is 78.9 Å². The Bertz CT molecular complexity index is 932.